The van der Waals surface area contributed by atoms with Gasteiger partial charge in [0.25, 0.3) is 0 Å². The predicted molar refractivity (Wildman–Crippen MR) is 102 cm³/mol. The third kappa shape index (κ3) is 5.58. The zero-order valence-corrected chi connectivity index (χ0v) is 17.0. The summed E-state index contributed by atoms with van der Waals surface area (Å²) in [5, 5.41) is 0. The maximum absolute atomic E-state index is 12.4. The monoisotopic (exact) mass is 398 g/mol. The van der Waals surface area contributed by atoms with E-state index in [2.05, 4.69) is 0 Å². The average Bonchev–Trinajstić information content (AvgIpc) is 3.03. The second kappa shape index (κ2) is 10.4. The van der Waals surface area contributed by atoms with Crippen molar-refractivity contribution < 1.29 is 28.5 Å². The second-order valence-electron chi connectivity index (χ2n) is 8.01. The number of rotatable bonds is 9. The first-order chi connectivity index (χ1) is 13.6. The van der Waals surface area contributed by atoms with Crippen LogP contribution in [0.4, 0.5) is 4.79 Å². The van der Waals surface area contributed by atoms with E-state index in [1.165, 1.54) is 6.42 Å². The average molecular weight is 399 g/mol. The molecular weight excluding hydrogens is 364 g/mol. The van der Waals surface area contributed by atoms with Crippen LogP contribution in [0.2, 0.25) is 0 Å². The summed E-state index contributed by atoms with van der Waals surface area (Å²) >= 11 is 0. The second-order valence-corrected chi connectivity index (χ2v) is 8.01. The van der Waals surface area contributed by atoms with Gasteiger partial charge in [0, 0.05) is 26.2 Å². The van der Waals surface area contributed by atoms with Crippen LogP contribution in [-0.4, -0.2) is 93.2 Å². The van der Waals surface area contributed by atoms with Crippen LogP contribution < -0.4 is 0 Å². The molecule has 3 rings (SSSR count). The van der Waals surface area contributed by atoms with E-state index in [1.54, 1.807) is 7.11 Å². The minimum absolute atomic E-state index is 0.00286. The Kier molecular flexibility index (Phi) is 7.93. The molecule has 2 heterocycles. The standard InChI is InChI=1S/C20H34N2O6/c1-25-11-12-26-13-14-27-15-18(23)21-9-5-17(6-10-21)22-16-20(28-19(22)24)7-3-2-4-8-20/h17H,2-16H2,1H3. The van der Waals surface area contributed by atoms with Crippen LogP contribution in [0.15, 0.2) is 0 Å². The van der Waals surface area contributed by atoms with Crippen LogP contribution in [-0.2, 0) is 23.7 Å². The molecule has 3 fully saturated rings. The molecule has 1 aliphatic carbocycles. The molecule has 2 aliphatic heterocycles. The molecule has 8 heteroatoms. The highest BCUT2D eigenvalue weighted by Crippen LogP contribution is 2.38. The molecule has 8 nitrogen and oxygen atoms in total. The molecule has 1 saturated carbocycles. The van der Waals surface area contributed by atoms with Gasteiger partial charge in [-0.1, -0.05) is 6.42 Å². The molecule has 3 aliphatic rings. The fourth-order valence-corrected chi connectivity index (χ4v) is 4.43. The van der Waals surface area contributed by atoms with Gasteiger partial charge in [-0.15, -0.1) is 0 Å². The normalized spacial score (nSPS) is 22.7. The third-order valence-electron chi connectivity index (χ3n) is 6.05. The number of amides is 2. The lowest BCUT2D eigenvalue weighted by Crippen LogP contribution is -2.48. The Hall–Kier alpha value is -1.38. The Morgan fingerprint density at radius 3 is 2.46 bits per heavy atom. The molecule has 160 valence electrons. The zero-order valence-electron chi connectivity index (χ0n) is 17.0. The molecule has 2 amide bonds. The number of hydrogen-bond donors (Lipinski definition) is 0. The largest absolute Gasteiger partial charge is 0.441 e. The van der Waals surface area contributed by atoms with Crippen molar-refractivity contribution in [1.82, 2.24) is 9.80 Å². The van der Waals surface area contributed by atoms with Crippen LogP contribution in [0, 0.1) is 0 Å². The smallest absolute Gasteiger partial charge is 0.410 e. The lowest BCUT2D eigenvalue weighted by molar-refractivity contribution is -0.138. The van der Waals surface area contributed by atoms with Crippen LogP contribution in [0.25, 0.3) is 0 Å². The number of nitrogens with zero attached hydrogens (tertiary/aromatic N) is 2. The van der Waals surface area contributed by atoms with E-state index in [-0.39, 0.29) is 30.3 Å². The highest BCUT2D eigenvalue weighted by molar-refractivity contribution is 5.77. The first kappa shape index (κ1) is 21.3. The van der Waals surface area contributed by atoms with Gasteiger partial charge >= 0.3 is 6.09 Å². The third-order valence-corrected chi connectivity index (χ3v) is 6.05. The Labute approximate surface area is 167 Å². The molecule has 0 radical (unpaired) electrons. The van der Waals surface area contributed by atoms with Gasteiger partial charge in [-0.05, 0) is 38.5 Å². The van der Waals surface area contributed by atoms with Gasteiger partial charge in [0.1, 0.15) is 12.2 Å². The van der Waals surface area contributed by atoms with Gasteiger partial charge in [-0.25, -0.2) is 4.79 Å². The lowest BCUT2D eigenvalue weighted by atomic mass is 9.84. The topological polar surface area (TPSA) is 77.5 Å². The molecule has 0 aromatic carbocycles. The molecule has 0 bridgehead atoms. The van der Waals surface area contributed by atoms with E-state index in [0.717, 1.165) is 45.1 Å². The Morgan fingerprint density at radius 1 is 1.07 bits per heavy atom. The van der Waals surface area contributed by atoms with Crippen LogP contribution in [0.3, 0.4) is 0 Å². The summed E-state index contributed by atoms with van der Waals surface area (Å²) in [6.07, 6.45) is 6.94. The summed E-state index contributed by atoms with van der Waals surface area (Å²) in [5.41, 5.74) is -0.249. The van der Waals surface area contributed by atoms with Gasteiger partial charge < -0.3 is 28.7 Å². The molecule has 1 spiro atoms. The molecule has 2 saturated heterocycles. The summed E-state index contributed by atoms with van der Waals surface area (Å²) in [5.74, 6) is 0.00286. The SMILES string of the molecule is COCCOCCOCC(=O)N1CCC(N2CC3(CCCCC3)OC2=O)CC1. The molecule has 0 aromatic heterocycles. The van der Waals surface area contributed by atoms with Crippen molar-refractivity contribution in [2.45, 2.75) is 56.6 Å². The summed E-state index contributed by atoms with van der Waals surface area (Å²) in [6, 6.07) is 0.174. The zero-order chi connectivity index (χ0) is 19.8. The van der Waals surface area contributed by atoms with Crippen molar-refractivity contribution in [2.75, 3.05) is 59.8 Å². The molecule has 0 N–H and O–H groups in total. The number of carbonyl (C=O) groups excluding carboxylic acids is 2. The van der Waals surface area contributed by atoms with Crippen LogP contribution >= 0.6 is 0 Å². The Balaban J connectivity index is 1.34. The van der Waals surface area contributed by atoms with Gasteiger partial charge in [0.2, 0.25) is 5.91 Å². The molecule has 0 atom stereocenters. The van der Waals surface area contributed by atoms with E-state index in [0.29, 0.717) is 39.5 Å². The minimum Gasteiger partial charge on any atom is -0.441 e. The number of carbonyl (C=O) groups is 2. The summed E-state index contributed by atoms with van der Waals surface area (Å²) in [6.45, 7) is 4.05. The van der Waals surface area contributed by atoms with Crippen LogP contribution in [0.1, 0.15) is 44.9 Å². The van der Waals surface area contributed by atoms with Crippen molar-refractivity contribution in [3.05, 3.63) is 0 Å². The first-order valence-electron chi connectivity index (χ1n) is 10.6. The number of methoxy groups -OCH3 is 1. The maximum Gasteiger partial charge on any atom is 0.410 e. The quantitative estimate of drug-likeness (QED) is 0.552. The van der Waals surface area contributed by atoms with Crippen molar-refractivity contribution in [3.63, 3.8) is 0 Å². The van der Waals surface area contributed by atoms with Crippen molar-refractivity contribution in [1.29, 1.82) is 0 Å². The fourth-order valence-electron chi connectivity index (χ4n) is 4.43. The Morgan fingerprint density at radius 2 is 1.75 bits per heavy atom. The van der Waals surface area contributed by atoms with Crippen molar-refractivity contribution >= 4 is 12.0 Å². The number of piperidine rings is 1. The van der Waals surface area contributed by atoms with Crippen molar-refractivity contribution in [3.8, 4) is 0 Å². The number of hydrogen-bond acceptors (Lipinski definition) is 6. The maximum atomic E-state index is 12.4. The number of ether oxygens (including phenoxy) is 4. The van der Waals surface area contributed by atoms with Gasteiger partial charge in [0.15, 0.2) is 0 Å². The van der Waals surface area contributed by atoms with E-state index in [9.17, 15) is 9.59 Å². The van der Waals surface area contributed by atoms with E-state index in [4.69, 9.17) is 18.9 Å². The lowest BCUT2D eigenvalue weighted by Gasteiger charge is -2.36. The molecule has 0 unspecified atom stereocenters. The Bertz CT molecular complexity index is 515. The summed E-state index contributed by atoms with van der Waals surface area (Å²) < 4.78 is 21.4. The molecule has 0 aromatic rings. The van der Waals surface area contributed by atoms with E-state index < -0.39 is 0 Å². The van der Waals surface area contributed by atoms with Crippen LogP contribution in [0.5, 0.6) is 0 Å². The van der Waals surface area contributed by atoms with E-state index in [1.807, 2.05) is 9.80 Å². The number of likely N-dealkylation sites (tertiary alicyclic amines) is 1. The van der Waals surface area contributed by atoms with Gasteiger partial charge in [-0.2, -0.15) is 0 Å². The minimum atomic E-state index is -0.249. The first-order valence-corrected chi connectivity index (χ1v) is 10.6. The van der Waals surface area contributed by atoms with Gasteiger partial charge in [-0.3, -0.25) is 4.79 Å². The van der Waals surface area contributed by atoms with Gasteiger partial charge in [0.05, 0.1) is 33.0 Å². The fraction of sp³-hybridized carbons (Fsp3) is 0.900. The van der Waals surface area contributed by atoms with E-state index >= 15 is 0 Å². The molecular formula is C20H34N2O6. The van der Waals surface area contributed by atoms with Crippen molar-refractivity contribution in [2.24, 2.45) is 0 Å². The summed E-state index contributed by atoms with van der Waals surface area (Å²) in [7, 11) is 1.63. The molecule has 28 heavy (non-hydrogen) atoms. The summed E-state index contributed by atoms with van der Waals surface area (Å²) in [4.78, 5) is 28.5. The predicted octanol–water partition coefficient (Wildman–Crippen LogP) is 1.81. The highest BCUT2D eigenvalue weighted by Gasteiger charge is 2.48. The highest BCUT2D eigenvalue weighted by atomic mass is 16.6.